The highest BCUT2D eigenvalue weighted by Crippen LogP contribution is 2.30. The standard InChI is InChI=1S/C16H16N4O/c21-13-3-1-2-12(8-13)14-10-19-20-15(6-7-17-16(14)20)18-9-11-4-5-11/h1-3,6-8,10-11,18,21H,4-5,9H2. The molecule has 1 aromatic carbocycles. The molecule has 5 heteroatoms. The Morgan fingerprint density at radius 2 is 2.19 bits per heavy atom. The number of hydrogen-bond donors (Lipinski definition) is 2. The molecule has 0 spiro atoms. The maximum absolute atomic E-state index is 9.63. The van der Waals surface area contributed by atoms with E-state index in [1.807, 2.05) is 22.7 Å². The maximum Gasteiger partial charge on any atom is 0.165 e. The number of aromatic hydroxyl groups is 1. The Balaban J connectivity index is 1.75. The molecule has 1 fully saturated rings. The van der Waals surface area contributed by atoms with Crippen molar-refractivity contribution in [3.63, 3.8) is 0 Å². The zero-order chi connectivity index (χ0) is 14.2. The highest BCUT2D eigenvalue weighted by molar-refractivity contribution is 5.78. The summed E-state index contributed by atoms with van der Waals surface area (Å²) in [5.74, 6) is 2.00. The molecule has 5 nitrogen and oxygen atoms in total. The number of aromatic nitrogens is 3. The van der Waals surface area contributed by atoms with Crippen LogP contribution in [0.3, 0.4) is 0 Å². The molecule has 21 heavy (non-hydrogen) atoms. The van der Waals surface area contributed by atoms with Crippen molar-refractivity contribution >= 4 is 11.5 Å². The van der Waals surface area contributed by atoms with E-state index in [9.17, 15) is 5.11 Å². The zero-order valence-corrected chi connectivity index (χ0v) is 11.5. The molecule has 3 aromatic rings. The molecule has 0 bridgehead atoms. The number of hydrogen-bond acceptors (Lipinski definition) is 4. The van der Waals surface area contributed by atoms with Gasteiger partial charge in [0.05, 0.1) is 6.20 Å². The van der Waals surface area contributed by atoms with Gasteiger partial charge in [-0.1, -0.05) is 12.1 Å². The minimum atomic E-state index is 0.245. The van der Waals surface area contributed by atoms with Crippen LogP contribution in [0.4, 0.5) is 5.82 Å². The van der Waals surface area contributed by atoms with E-state index >= 15 is 0 Å². The minimum Gasteiger partial charge on any atom is -0.508 e. The van der Waals surface area contributed by atoms with Crippen LogP contribution in [0.25, 0.3) is 16.8 Å². The second kappa shape index (κ2) is 4.77. The highest BCUT2D eigenvalue weighted by Gasteiger charge is 2.21. The smallest absolute Gasteiger partial charge is 0.165 e. The van der Waals surface area contributed by atoms with E-state index in [-0.39, 0.29) is 5.75 Å². The molecule has 1 saturated carbocycles. The molecule has 0 amide bonds. The van der Waals surface area contributed by atoms with Crippen molar-refractivity contribution in [3.05, 3.63) is 42.7 Å². The first kappa shape index (κ1) is 12.2. The molecule has 0 aliphatic heterocycles. The molecule has 1 aliphatic carbocycles. The van der Waals surface area contributed by atoms with Gasteiger partial charge in [0.2, 0.25) is 0 Å². The molecule has 0 radical (unpaired) electrons. The van der Waals surface area contributed by atoms with Crippen molar-refractivity contribution in [1.29, 1.82) is 0 Å². The summed E-state index contributed by atoms with van der Waals surface area (Å²) in [7, 11) is 0. The molecular weight excluding hydrogens is 264 g/mol. The van der Waals surface area contributed by atoms with Crippen LogP contribution in [0.1, 0.15) is 12.8 Å². The fourth-order valence-electron chi connectivity index (χ4n) is 2.47. The number of phenolic OH excluding ortho intramolecular Hbond substituents is 1. The maximum atomic E-state index is 9.63. The average Bonchev–Trinajstić information content (AvgIpc) is 3.22. The fourth-order valence-corrected chi connectivity index (χ4v) is 2.47. The molecule has 106 valence electrons. The lowest BCUT2D eigenvalue weighted by Crippen LogP contribution is -2.08. The summed E-state index contributed by atoms with van der Waals surface area (Å²) in [5.41, 5.74) is 2.62. The van der Waals surface area contributed by atoms with Crippen LogP contribution in [0.2, 0.25) is 0 Å². The summed E-state index contributed by atoms with van der Waals surface area (Å²) in [6, 6.07) is 9.09. The van der Waals surface area contributed by atoms with Crippen molar-refractivity contribution in [2.24, 2.45) is 5.92 Å². The lowest BCUT2D eigenvalue weighted by molar-refractivity contribution is 0.475. The van der Waals surface area contributed by atoms with Crippen molar-refractivity contribution in [3.8, 4) is 16.9 Å². The molecule has 2 N–H and O–H groups in total. The van der Waals surface area contributed by atoms with Crippen LogP contribution in [-0.2, 0) is 0 Å². The van der Waals surface area contributed by atoms with Crippen molar-refractivity contribution < 1.29 is 5.11 Å². The quantitative estimate of drug-likeness (QED) is 0.771. The monoisotopic (exact) mass is 280 g/mol. The average molecular weight is 280 g/mol. The number of benzene rings is 1. The lowest BCUT2D eigenvalue weighted by atomic mass is 10.1. The normalized spacial score (nSPS) is 14.5. The third kappa shape index (κ3) is 2.31. The van der Waals surface area contributed by atoms with Gasteiger partial charge in [0.25, 0.3) is 0 Å². The summed E-state index contributed by atoms with van der Waals surface area (Å²) >= 11 is 0. The first-order chi connectivity index (χ1) is 10.3. The SMILES string of the molecule is Oc1cccc(-c2cnn3c(NCC4CC4)ccnc23)c1. The minimum absolute atomic E-state index is 0.245. The van der Waals surface area contributed by atoms with Crippen LogP contribution in [0.15, 0.2) is 42.7 Å². The molecular formula is C16H16N4O. The Labute approximate surface area is 122 Å². The first-order valence-corrected chi connectivity index (χ1v) is 7.17. The second-order valence-corrected chi connectivity index (χ2v) is 5.50. The number of anilines is 1. The Morgan fingerprint density at radius 3 is 3.00 bits per heavy atom. The van der Waals surface area contributed by atoms with Crippen LogP contribution < -0.4 is 5.32 Å². The van der Waals surface area contributed by atoms with Crippen molar-refractivity contribution in [2.45, 2.75) is 12.8 Å². The Bertz CT molecular complexity index is 792. The van der Waals surface area contributed by atoms with Crippen LogP contribution in [0, 0.1) is 5.92 Å². The van der Waals surface area contributed by atoms with Gasteiger partial charge in [-0.2, -0.15) is 9.61 Å². The summed E-state index contributed by atoms with van der Waals surface area (Å²) < 4.78 is 1.82. The van der Waals surface area contributed by atoms with Crippen LogP contribution in [0.5, 0.6) is 5.75 Å². The van der Waals surface area contributed by atoms with Gasteiger partial charge >= 0.3 is 0 Å². The largest absolute Gasteiger partial charge is 0.508 e. The van der Waals surface area contributed by atoms with Gasteiger partial charge in [0.15, 0.2) is 5.65 Å². The predicted molar refractivity (Wildman–Crippen MR) is 81.3 cm³/mol. The molecule has 0 unspecified atom stereocenters. The third-order valence-electron chi connectivity index (χ3n) is 3.83. The Morgan fingerprint density at radius 1 is 1.29 bits per heavy atom. The van der Waals surface area contributed by atoms with Gasteiger partial charge < -0.3 is 10.4 Å². The number of nitrogens with zero attached hydrogens (tertiary/aromatic N) is 3. The van der Waals surface area contributed by atoms with E-state index < -0.39 is 0 Å². The zero-order valence-electron chi connectivity index (χ0n) is 11.5. The van der Waals surface area contributed by atoms with E-state index in [2.05, 4.69) is 15.4 Å². The van der Waals surface area contributed by atoms with Crippen LogP contribution >= 0.6 is 0 Å². The van der Waals surface area contributed by atoms with Crippen molar-refractivity contribution in [1.82, 2.24) is 14.6 Å². The van der Waals surface area contributed by atoms with E-state index in [0.717, 1.165) is 35.1 Å². The Hall–Kier alpha value is -2.56. The molecule has 2 heterocycles. The number of phenols is 1. The van der Waals surface area contributed by atoms with Gasteiger partial charge in [0, 0.05) is 18.3 Å². The lowest BCUT2D eigenvalue weighted by Gasteiger charge is -2.07. The van der Waals surface area contributed by atoms with Gasteiger partial charge in [-0.15, -0.1) is 0 Å². The summed E-state index contributed by atoms with van der Waals surface area (Å²) in [4.78, 5) is 4.43. The highest BCUT2D eigenvalue weighted by atomic mass is 16.3. The van der Waals surface area contributed by atoms with Gasteiger partial charge in [-0.3, -0.25) is 0 Å². The van der Waals surface area contributed by atoms with Gasteiger partial charge in [-0.25, -0.2) is 4.98 Å². The molecule has 0 atom stereocenters. The fraction of sp³-hybridized carbons (Fsp3) is 0.250. The van der Waals surface area contributed by atoms with E-state index in [0.29, 0.717) is 0 Å². The van der Waals surface area contributed by atoms with E-state index in [4.69, 9.17) is 0 Å². The number of nitrogens with one attached hydrogen (secondary N) is 1. The summed E-state index contributed by atoms with van der Waals surface area (Å²) in [6.45, 7) is 0.987. The predicted octanol–water partition coefficient (Wildman–Crippen LogP) is 2.92. The first-order valence-electron chi connectivity index (χ1n) is 7.17. The van der Waals surface area contributed by atoms with E-state index in [1.54, 1.807) is 24.5 Å². The number of rotatable bonds is 4. The second-order valence-electron chi connectivity index (χ2n) is 5.50. The third-order valence-corrected chi connectivity index (χ3v) is 3.83. The van der Waals surface area contributed by atoms with E-state index in [1.165, 1.54) is 12.8 Å². The Kier molecular flexibility index (Phi) is 2.77. The molecule has 1 aliphatic rings. The number of fused-ring (bicyclic) bond motifs is 1. The van der Waals surface area contributed by atoms with Gasteiger partial charge in [0.1, 0.15) is 11.6 Å². The topological polar surface area (TPSA) is 62.5 Å². The van der Waals surface area contributed by atoms with Crippen molar-refractivity contribution in [2.75, 3.05) is 11.9 Å². The molecule has 2 aromatic heterocycles. The molecule has 0 saturated heterocycles. The summed E-state index contributed by atoms with van der Waals surface area (Å²) in [6.07, 6.45) is 6.21. The molecule has 4 rings (SSSR count). The summed E-state index contributed by atoms with van der Waals surface area (Å²) in [5, 5.41) is 17.5. The van der Waals surface area contributed by atoms with Gasteiger partial charge in [-0.05, 0) is 42.5 Å². The van der Waals surface area contributed by atoms with Crippen LogP contribution in [-0.4, -0.2) is 26.2 Å².